The fourth-order valence-corrected chi connectivity index (χ4v) is 2.67. The highest BCUT2D eigenvalue weighted by molar-refractivity contribution is 7.10. The van der Waals surface area contributed by atoms with Crippen molar-refractivity contribution in [1.82, 2.24) is 4.90 Å². The maximum absolute atomic E-state index is 8.90. The van der Waals surface area contributed by atoms with Crippen LogP contribution in [0.3, 0.4) is 0 Å². The minimum Gasteiger partial charge on any atom is -0.392 e. The molecule has 0 bridgehead atoms. The number of hydrogen-bond donors (Lipinski definition) is 1. The van der Waals surface area contributed by atoms with Gasteiger partial charge >= 0.3 is 0 Å². The molecular formula is C10H15NOS. The van der Waals surface area contributed by atoms with Crippen molar-refractivity contribution < 1.29 is 5.11 Å². The fourth-order valence-electron chi connectivity index (χ4n) is 1.75. The van der Waals surface area contributed by atoms with Crippen molar-refractivity contribution in [2.45, 2.75) is 26.0 Å². The predicted molar refractivity (Wildman–Crippen MR) is 54.8 cm³/mol. The van der Waals surface area contributed by atoms with E-state index in [-0.39, 0.29) is 6.61 Å². The SMILES string of the molecule is OCc1csc(CN2CCCC2)c1. The molecule has 1 saturated heterocycles. The summed E-state index contributed by atoms with van der Waals surface area (Å²) < 4.78 is 0. The van der Waals surface area contributed by atoms with E-state index in [9.17, 15) is 0 Å². The molecule has 1 N–H and O–H groups in total. The number of hydrogen-bond acceptors (Lipinski definition) is 3. The van der Waals surface area contributed by atoms with E-state index in [4.69, 9.17) is 5.11 Å². The highest BCUT2D eigenvalue weighted by Gasteiger charge is 2.12. The van der Waals surface area contributed by atoms with Crippen molar-refractivity contribution in [1.29, 1.82) is 0 Å². The summed E-state index contributed by atoms with van der Waals surface area (Å²) in [6.07, 6.45) is 2.69. The van der Waals surface area contributed by atoms with Crippen LogP contribution in [0.1, 0.15) is 23.3 Å². The molecule has 1 aliphatic rings. The normalized spacial score (nSPS) is 18.2. The smallest absolute Gasteiger partial charge is 0.0690 e. The topological polar surface area (TPSA) is 23.5 Å². The first kappa shape index (κ1) is 9.19. The van der Waals surface area contributed by atoms with Gasteiger partial charge in [0.2, 0.25) is 0 Å². The summed E-state index contributed by atoms with van der Waals surface area (Å²) in [4.78, 5) is 3.86. The minimum absolute atomic E-state index is 0.177. The van der Waals surface area contributed by atoms with Gasteiger partial charge in [0.15, 0.2) is 0 Å². The molecule has 2 nitrogen and oxygen atoms in total. The third-order valence-electron chi connectivity index (χ3n) is 2.47. The zero-order valence-corrected chi connectivity index (χ0v) is 8.52. The molecule has 0 spiro atoms. The van der Waals surface area contributed by atoms with Crippen LogP contribution in [0.4, 0.5) is 0 Å². The molecule has 1 aromatic heterocycles. The Morgan fingerprint density at radius 2 is 2.15 bits per heavy atom. The first-order valence-corrected chi connectivity index (χ1v) is 5.66. The molecule has 2 heterocycles. The lowest BCUT2D eigenvalue weighted by Gasteiger charge is -2.12. The summed E-state index contributed by atoms with van der Waals surface area (Å²) in [6.45, 7) is 3.74. The Balaban J connectivity index is 1.92. The van der Waals surface area contributed by atoms with Gasteiger partial charge < -0.3 is 5.11 Å². The molecule has 0 saturated carbocycles. The summed E-state index contributed by atoms with van der Waals surface area (Å²) >= 11 is 1.76. The Labute approximate surface area is 82.8 Å². The molecule has 2 rings (SSSR count). The monoisotopic (exact) mass is 197 g/mol. The van der Waals surface area contributed by atoms with Gasteiger partial charge in [-0.25, -0.2) is 0 Å². The molecule has 0 amide bonds. The van der Waals surface area contributed by atoms with Crippen molar-refractivity contribution in [3.8, 4) is 0 Å². The van der Waals surface area contributed by atoms with Crippen molar-refractivity contribution >= 4 is 11.3 Å². The first-order valence-electron chi connectivity index (χ1n) is 4.78. The van der Waals surface area contributed by atoms with Crippen LogP contribution >= 0.6 is 11.3 Å². The summed E-state index contributed by atoms with van der Waals surface area (Å²) in [6, 6.07) is 2.11. The molecular weight excluding hydrogens is 182 g/mol. The molecule has 0 aliphatic carbocycles. The van der Waals surface area contributed by atoms with Gasteiger partial charge in [0.1, 0.15) is 0 Å². The van der Waals surface area contributed by atoms with Gasteiger partial charge in [0, 0.05) is 11.4 Å². The Morgan fingerprint density at radius 1 is 1.38 bits per heavy atom. The van der Waals surface area contributed by atoms with E-state index >= 15 is 0 Å². The summed E-state index contributed by atoms with van der Waals surface area (Å²) in [5.74, 6) is 0. The van der Waals surface area contributed by atoms with E-state index in [1.54, 1.807) is 11.3 Å². The number of aliphatic hydroxyl groups is 1. The average Bonchev–Trinajstić information content (AvgIpc) is 2.76. The molecule has 13 heavy (non-hydrogen) atoms. The van der Waals surface area contributed by atoms with Crippen LogP contribution in [0.5, 0.6) is 0 Å². The van der Waals surface area contributed by atoms with Crippen LogP contribution in [0.15, 0.2) is 11.4 Å². The largest absolute Gasteiger partial charge is 0.392 e. The van der Waals surface area contributed by atoms with E-state index in [0.29, 0.717) is 0 Å². The third-order valence-corrected chi connectivity index (χ3v) is 3.44. The van der Waals surface area contributed by atoms with Crippen molar-refractivity contribution in [3.05, 3.63) is 21.9 Å². The van der Waals surface area contributed by atoms with E-state index in [1.165, 1.54) is 30.8 Å². The zero-order chi connectivity index (χ0) is 9.10. The van der Waals surface area contributed by atoms with Gasteiger partial charge in [-0.15, -0.1) is 11.3 Å². The molecule has 0 radical (unpaired) electrons. The lowest BCUT2D eigenvalue weighted by atomic mass is 10.3. The number of thiophene rings is 1. The molecule has 1 aromatic rings. The highest BCUT2D eigenvalue weighted by atomic mass is 32.1. The summed E-state index contributed by atoms with van der Waals surface area (Å²) in [5.41, 5.74) is 1.05. The van der Waals surface area contributed by atoms with Crippen LogP contribution in [-0.4, -0.2) is 23.1 Å². The number of nitrogens with zero attached hydrogens (tertiary/aromatic N) is 1. The van der Waals surface area contributed by atoms with E-state index in [0.717, 1.165) is 12.1 Å². The van der Waals surface area contributed by atoms with Crippen molar-refractivity contribution in [2.75, 3.05) is 13.1 Å². The standard InChI is InChI=1S/C10H15NOS/c12-7-9-5-10(13-8-9)6-11-3-1-2-4-11/h5,8,12H,1-4,6-7H2. The number of aliphatic hydroxyl groups excluding tert-OH is 1. The van der Waals surface area contributed by atoms with E-state index < -0.39 is 0 Å². The second-order valence-electron chi connectivity index (χ2n) is 3.56. The lowest BCUT2D eigenvalue weighted by Crippen LogP contribution is -2.17. The van der Waals surface area contributed by atoms with E-state index in [1.807, 2.05) is 5.38 Å². The maximum atomic E-state index is 8.90. The Bertz CT molecular complexity index is 266. The fraction of sp³-hybridized carbons (Fsp3) is 0.600. The van der Waals surface area contributed by atoms with Crippen LogP contribution in [-0.2, 0) is 13.2 Å². The molecule has 3 heteroatoms. The van der Waals surface area contributed by atoms with Gasteiger partial charge in [0.05, 0.1) is 6.61 Å². The quantitative estimate of drug-likeness (QED) is 0.799. The Kier molecular flexibility index (Phi) is 2.98. The van der Waals surface area contributed by atoms with E-state index in [2.05, 4.69) is 11.0 Å². The van der Waals surface area contributed by atoms with Crippen LogP contribution < -0.4 is 0 Å². The van der Waals surface area contributed by atoms with Gasteiger partial charge in [-0.05, 0) is 42.9 Å². The molecule has 0 unspecified atom stereocenters. The van der Waals surface area contributed by atoms with Gasteiger partial charge in [-0.2, -0.15) is 0 Å². The van der Waals surface area contributed by atoms with Gasteiger partial charge in [0.25, 0.3) is 0 Å². The highest BCUT2D eigenvalue weighted by Crippen LogP contribution is 2.19. The predicted octanol–water partition coefficient (Wildman–Crippen LogP) is 1.84. The minimum atomic E-state index is 0.177. The number of rotatable bonds is 3. The number of likely N-dealkylation sites (tertiary alicyclic amines) is 1. The molecule has 0 aromatic carbocycles. The Hall–Kier alpha value is -0.380. The lowest BCUT2D eigenvalue weighted by molar-refractivity contribution is 0.282. The Morgan fingerprint density at radius 3 is 2.77 bits per heavy atom. The second-order valence-corrected chi connectivity index (χ2v) is 4.56. The summed E-state index contributed by atoms with van der Waals surface area (Å²) in [7, 11) is 0. The van der Waals surface area contributed by atoms with Gasteiger partial charge in [-0.3, -0.25) is 4.90 Å². The molecule has 0 atom stereocenters. The molecule has 1 fully saturated rings. The van der Waals surface area contributed by atoms with Gasteiger partial charge in [-0.1, -0.05) is 0 Å². The second kappa shape index (κ2) is 4.22. The first-order chi connectivity index (χ1) is 6.38. The zero-order valence-electron chi connectivity index (χ0n) is 7.70. The van der Waals surface area contributed by atoms with Crippen LogP contribution in [0.2, 0.25) is 0 Å². The summed E-state index contributed by atoms with van der Waals surface area (Å²) in [5, 5.41) is 11.0. The maximum Gasteiger partial charge on any atom is 0.0690 e. The average molecular weight is 197 g/mol. The van der Waals surface area contributed by atoms with Crippen LogP contribution in [0, 0.1) is 0 Å². The van der Waals surface area contributed by atoms with Crippen molar-refractivity contribution in [2.24, 2.45) is 0 Å². The third kappa shape index (κ3) is 2.30. The van der Waals surface area contributed by atoms with Crippen molar-refractivity contribution in [3.63, 3.8) is 0 Å². The molecule has 72 valence electrons. The van der Waals surface area contributed by atoms with Crippen LogP contribution in [0.25, 0.3) is 0 Å². The molecule has 1 aliphatic heterocycles.